The number of nitrogens with one attached hydrogen (secondary N) is 1. The molecule has 0 radical (unpaired) electrons. The number of carbonyl (C=O) groups is 2. The van der Waals surface area contributed by atoms with Gasteiger partial charge in [-0.25, -0.2) is 9.78 Å². The van der Waals surface area contributed by atoms with E-state index in [-0.39, 0.29) is 17.9 Å². The lowest BCUT2D eigenvalue weighted by Gasteiger charge is -2.34. The summed E-state index contributed by atoms with van der Waals surface area (Å²) >= 11 is 0. The van der Waals surface area contributed by atoms with Crippen molar-refractivity contribution in [3.8, 4) is 0 Å². The summed E-state index contributed by atoms with van der Waals surface area (Å²) < 4.78 is 2.15. The van der Waals surface area contributed by atoms with Gasteiger partial charge in [0.1, 0.15) is 5.82 Å². The maximum absolute atomic E-state index is 12.8. The summed E-state index contributed by atoms with van der Waals surface area (Å²) in [7, 11) is 0. The summed E-state index contributed by atoms with van der Waals surface area (Å²) in [5.41, 5.74) is 1.95. The van der Waals surface area contributed by atoms with Gasteiger partial charge in [-0.05, 0) is 43.4 Å². The molecular formula is C24H33N5O2. The molecule has 2 saturated heterocycles. The van der Waals surface area contributed by atoms with Crippen LogP contribution in [0.4, 0.5) is 10.5 Å². The van der Waals surface area contributed by atoms with E-state index in [1.54, 1.807) is 0 Å². The lowest BCUT2D eigenvalue weighted by atomic mass is 9.96. The van der Waals surface area contributed by atoms with E-state index in [9.17, 15) is 9.59 Å². The Morgan fingerprint density at radius 3 is 2.52 bits per heavy atom. The Morgan fingerprint density at radius 1 is 1.10 bits per heavy atom. The number of nitrogens with zero attached hydrogens (tertiary/aromatic N) is 4. The van der Waals surface area contributed by atoms with Crippen molar-refractivity contribution >= 4 is 17.6 Å². The molecule has 1 aromatic carbocycles. The molecule has 0 bridgehead atoms. The first-order valence-corrected chi connectivity index (χ1v) is 11.5. The average Bonchev–Trinajstić information content (AvgIpc) is 3.46. The number of urea groups is 1. The topological polar surface area (TPSA) is 70.5 Å². The van der Waals surface area contributed by atoms with Gasteiger partial charge >= 0.3 is 6.03 Å². The summed E-state index contributed by atoms with van der Waals surface area (Å²) in [4.78, 5) is 33.7. The number of anilines is 1. The minimum atomic E-state index is -0.0486. The molecule has 1 N–H and O–H groups in total. The highest BCUT2D eigenvalue weighted by Gasteiger charge is 2.30. The van der Waals surface area contributed by atoms with E-state index in [0.717, 1.165) is 62.4 Å². The third-order valence-electron chi connectivity index (χ3n) is 6.32. The molecule has 166 valence electrons. The van der Waals surface area contributed by atoms with Gasteiger partial charge in [-0.3, -0.25) is 4.79 Å². The van der Waals surface area contributed by atoms with Crippen molar-refractivity contribution in [3.63, 3.8) is 0 Å². The number of likely N-dealkylation sites (tertiary alicyclic amines) is 2. The highest BCUT2D eigenvalue weighted by Crippen LogP contribution is 2.22. The number of hydrogen-bond donors (Lipinski definition) is 1. The van der Waals surface area contributed by atoms with Crippen LogP contribution in [0, 0.1) is 5.92 Å². The number of aromatic nitrogens is 2. The van der Waals surface area contributed by atoms with E-state index in [0.29, 0.717) is 19.0 Å². The fourth-order valence-electron chi connectivity index (χ4n) is 4.58. The van der Waals surface area contributed by atoms with Gasteiger partial charge in [0.2, 0.25) is 5.91 Å². The van der Waals surface area contributed by atoms with Crippen LogP contribution < -0.4 is 5.32 Å². The molecule has 1 aromatic heterocycles. The molecule has 3 amide bonds. The summed E-state index contributed by atoms with van der Waals surface area (Å²) in [5.74, 6) is 1.43. The summed E-state index contributed by atoms with van der Waals surface area (Å²) in [6, 6.07) is 8.17. The molecular weight excluding hydrogens is 390 g/mol. The van der Waals surface area contributed by atoms with Gasteiger partial charge in [0, 0.05) is 62.6 Å². The van der Waals surface area contributed by atoms with Crippen molar-refractivity contribution in [3.05, 3.63) is 48.0 Å². The quantitative estimate of drug-likeness (QED) is 0.792. The number of rotatable bonds is 5. The Bertz CT molecular complexity index is 908. The molecule has 0 unspecified atom stereocenters. The van der Waals surface area contributed by atoms with Crippen LogP contribution >= 0.6 is 0 Å². The molecule has 31 heavy (non-hydrogen) atoms. The lowest BCUT2D eigenvalue weighted by molar-refractivity contribution is -0.121. The number of carbonyl (C=O) groups excluding carboxylic acids is 2. The van der Waals surface area contributed by atoms with Crippen LogP contribution in [0.15, 0.2) is 36.7 Å². The second-order valence-corrected chi connectivity index (χ2v) is 9.00. The lowest BCUT2D eigenvalue weighted by Crippen LogP contribution is -2.47. The highest BCUT2D eigenvalue weighted by molar-refractivity contribution is 5.92. The Kier molecular flexibility index (Phi) is 6.59. The molecule has 2 aromatic rings. The number of hydrogen-bond acceptors (Lipinski definition) is 3. The highest BCUT2D eigenvalue weighted by atomic mass is 16.2. The molecule has 0 saturated carbocycles. The van der Waals surface area contributed by atoms with Crippen molar-refractivity contribution in [2.24, 2.45) is 5.92 Å². The zero-order chi connectivity index (χ0) is 21.8. The zero-order valence-corrected chi connectivity index (χ0v) is 18.6. The van der Waals surface area contributed by atoms with E-state index in [2.05, 4.69) is 34.8 Å². The van der Waals surface area contributed by atoms with Crippen molar-refractivity contribution in [2.45, 2.75) is 52.0 Å². The van der Waals surface area contributed by atoms with Gasteiger partial charge in [0.15, 0.2) is 0 Å². The number of amides is 3. The normalized spacial score (nSPS) is 17.4. The Labute approximate surface area is 184 Å². The molecule has 0 aliphatic carbocycles. The van der Waals surface area contributed by atoms with Crippen LogP contribution in [-0.4, -0.2) is 57.5 Å². The summed E-state index contributed by atoms with van der Waals surface area (Å²) in [6.07, 6.45) is 7.47. The maximum atomic E-state index is 12.8. The molecule has 4 rings (SSSR count). The van der Waals surface area contributed by atoms with E-state index >= 15 is 0 Å². The number of benzene rings is 1. The van der Waals surface area contributed by atoms with E-state index < -0.39 is 0 Å². The molecule has 2 aliphatic heterocycles. The second kappa shape index (κ2) is 9.54. The number of imidazole rings is 1. The summed E-state index contributed by atoms with van der Waals surface area (Å²) in [5, 5.41) is 3.09. The van der Waals surface area contributed by atoms with Gasteiger partial charge < -0.3 is 19.7 Å². The van der Waals surface area contributed by atoms with Crippen LogP contribution in [0.1, 0.15) is 56.8 Å². The SMILES string of the molecule is CC(C)c1nccn1Cc1cccc(NC(=O)C2CCN(C(=O)N3CCCC3)CC2)c1. The number of piperidine rings is 1. The molecule has 2 aliphatic rings. The molecule has 0 atom stereocenters. The van der Waals surface area contributed by atoms with Crippen molar-refractivity contribution in [1.82, 2.24) is 19.4 Å². The first-order valence-electron chi connectivity index (χ1n) is 11.5. The fraction of sp³-hybridized carbons (Fsp3) is 0.542. The van der Waals surface area contributed by atoms with E-state index in [4.69, 9.17) is 0 Å². The van der Waals surface area contributed by atoms with Gasteiger partial charge in [-0.2, -0.15) is 0 Å². The molecule has 7 nitrogen and oxygen atoms in total. The largest absolute Gasteiger partial charge is 0.330 e. The Morgan fingerprint density at radius 2 is 1.81 bits per heavy atom. The Balaban J connectivity index is 1.31. The van der Waals surface area contributed by atoms with Gasteiger partial charge in [0.05, 0.1) is 0 Å². The first-order chi connectivity index (χ1) is 15.0. The molecule has 0 spiro atoms. The maximum Gasteiger partial charge on any atom is 0.319 e. The molecule has 7 heteroatoms. The molecule has 2 fully saturated rings. The van der Waals surface area contributed by atoms with E-state index in [1.165, 1.54) is 0 Å². The predicted molar refractivity (Wildman–Crippen MR) is 121 cm³/mol. The predicted octanol–water partition coefficient (Wildman–Crippen LogP) is 3.92. The van der Waals surface area contributed by atoms with Crippen molar-refractivity contribution in [2.75, 3.05) is 31.5 Å². The van der Waals surface area contributed by atoms with E-state index in [1.807, 2.05) is 40.4 Å². The summed E-state index contributed by atoms with van der Waals surface area (Å²) in [6.45, 7) is 8.06. The van der Waals surface area contributed by atoms with Crippen LogP contribution in [-0.2, 0) is 11.3 Å². The minimum absolute atomic E-state index is 0.0486. The average molecular weight is 424 g/mol. The van der Waals surface area contributed by atoms with Crippen LogP contribution in [0.2, 0.25) is 0 Å². The smallest absolute Gasteiger partial charge is 0.319 e. The van der Waals surface area contributed by atoms with Gasteiger partial charge in [0.25, 0.3) is 0 Å². The first kappa shape index (κ1) is 21.4. The van der Waals surface area contributed by atoms with Crippen LogP contribution in [0.25, 0.3) is 0 Å². The van der Waals surface area contributed by atoms with Crippen LogP contribution in [0.5, 0.6) is 0 Å². The third-order valence-corrected chi connectivity index (χ3v) is 6.32. The van der Waals surface area contributed by atoms with Gasteiger partial charge in [-0.15, -0.1) is 0 Å². The van der Waals surface area contributed by atoms with Crippen molar-refractivity contribution < 1.29 is 9.59 Å². The fourth-order valence-corrected chi connectivity index (χ4v) is 4.58. The van der Waals surface area contributed by atoms with Gasteiger partial charge in [-0.1, -0.05) is 26.0 Å². The zero-order valence-electron chi connectivity index (χ0n) is 18.6. The molecule has 3 heterocycles. The Hall–Kier alpha value is -2.83. The standard InChI is InChI=1S/C24H33N5O2/c1-18(2)22-25-10-15-29(22)17-19-6-5-7-21(16-19)26-23(30)20-8-13-28(14-9-20)24(31)27-11-3-4-12-27/h5-7,10,15-16,18,20H,3-4,8-9,11-14,17H2,1-2H3,(H,26,30). The monoisotopic (exact) mass is 423 g/mol. The second-order valence-electron chi connectivity index (χ2n) is 9.00. The van der Waals surface area contributed by atoms with Crippen LogP contribution in [0.3, 0.4) is 0 Å². The van der Waals surface area contributed by atoms with Crippen molar-refractivity contribution in [1.29, 1.82) is 0 Å². The third kappa shape index (κ3) is 5.09. The minimum Gasteiger partial charge on any atom is -0.330 e.